The summed E-state index contributed by atoms with van der Waals surface area (Å²) < 4.78 is 0. The van der Waals surface area contributed by atoms with Gasteiger partial charge in [0.25, 0.3) is 0 Å². The molecule has 0 radical (unpaired) electrons. The van der Waals surface area contributed by atoms with Crippen LogP contribution in [0.1, 0.15) is 24.0 Å². The number of nitrogens with zero attached hydrogens (tertiary/aromatic N) is 2. The number of carbonyl (C=O) groups excluding carboxylic acids is 4. The van der Waals surface area contributed by atoms with Gasteiger partial charge in [0.05, 0.1) is 24.9 Å². The summed E-state index contributed by atoms with van der Waals surface area (Å²) in [5, 5.41) is 0.948. The van der Waals surface area contributed by atoms with E-state index in [-0.39, 0.29) is 61.4 Å². The predicted molar refractivity (Wildman–Crippen MR) is 101 cm³/mol. The second-order valence-corrected chi connectivity index (χ2v) is 7.86. The maximum atomic E-state index is 12.2. The van der Waals surface area contributed by atoms with Crippen molar-refractivity contribution in [1.82, 2.24) is 9.80 Å². The third-order valence-electron chi connectivity index (χ3n) is 4.72. The fourth-order valence-corrected chi connectivity index (χ4v) is 4.28. The molecule has 2 saturated heterocycles. The smallest absolute Gasteiger partial charge is 0.233 e. The zero-order valence-electron chi connectivity index (χ0n) is 14.0. The summed E-state index contributed by atoms with van der Waals surface area (Å²) in [6.45, 7) is 0.419. The zero-order chi connectivity index (χ0) is 18.8. The van der Waals surface area contributed by atoms with Crippen LogP contribution in [0.5, 0.6) is 0 Å². The Hall–Kier alpha value is -1.54. The molecule has 1 aromatic rings. The van der Waals surface area contributed by atoms with Gasteiger partial charge in [-0.05, 0) is 11.1 Å². The molecule has 3 rings (SSSR count). The number of hydrogen-bond donors (Lipinski definition) is 0. The number of carbonyl (C=O) groups is 4. The van der Waals surface area contributed by atoms with E-state index in [1.54, 1.807) is 0 Å². The van der Waals surface area contributed by atoms with E-state index in [1.165, 1.54) is 9.80 Å². The molecule has 2 aliphatic rings. The molecule has 26 heavy (non-hydrogen) atoms. The van der Waals surface area contributed by atoms with Crippen LogP contribution in [0.25, 0.3) is 0 Å². The van der Waals surface area contributed by atoms with Crippen LogP contribution >= 0.6 is 31.9 Å². The zero-order valence-corrected chi connectivity index (χ0v) is 17.2. The Kier molecular flexibility index (Phi) is 5.92. The maximum absolute atomic E-state index is 12.2. The van der Waals surface area contributed by atoms with Gasteiger partial charge >= 0.3 is 0 Å². The minimum Gasteiger partial charge on any atom is -0.278 e. The van der Waals surface area contributed by atoms with E-state index in [0.717, 1.165) is 11.1 Å². The molecule has 0 N–H and O–H groups in total. The van der Waals surface area contributed by atoms with Crippen LogP contribution in [0.3, 0.4) is 0 Å². The van der Waals surface area contributed by atoms with Crippen LogP contribution in [-0.2, 0) is 32.3 Å². The van der Waals surface area contributed by atoms with Gasteiger partial charge in [-0.2, -0.15) is 0 Å². The quantitative estimate of drug-likeness (QED) is 0.457. The lowest BCUT2D eigenvalue weighted by Gasteiger charge is -2.17. The highest BCUT2D eigenvalue weighted by atomic mass is 79.9. The van der Waals surface area contributed by atoms with Gasteiger partial charge in [-0.25, -0.2) is 0 Å². The Labute approximate surface area is 168 Å². The van der Waals surface area contributed by atoms with E-state index < -0.39 is 0 Å². The first kappa shape index (κ1) is 19.2. The molecule has 0 aromatic heterocycles. The maximum Gasteiger partial charge on any atom is 0.233 e. The Balaban J connectivity index is 1.71. The number of hydrogen-bond acceptors (Lipinski definition) is 4. The minimum atomic E-state index is -0.299. The molecule has 0 spiro atoms. The second kappa shape index (κ2) is 8.00. The van der Waals surface area contributed by atoms with Gasteiger partial charge < -0.3 is 0 Å². The molecule has 2 unspecified atom stereocenters. The summed E-state index contributed by atoms with van der Waals surface area (Å²) in [7, 11) is 0. The first-order valence-electron chi connectivity index (χ1n) is 8.32. The third-order valence-corrected chi connectivity index (χ3v) is 6.28. The molecule has 138 valence electrons. The monoisotopic (exact) mass is 484 g/mol. The summed E-state index contributed by atoms with van der Waals surface area (Å²) in [5.41, 5.74) is 1.60. The van der Waals surface area contributed by atoms with Crippen LogP contribution in [0, 0.1) is 11.8 Å². The van der Waals surface area contributed by atoms with Gasteiger partial charge in [-0.3, -0.25) is 29.0 Å². The number of likely N-dealkylation sites (tertiary alicyclic amines) is 2. The summed E-state index contributed by atoms with van der Waals surface area (Å²) >= 11 is 6.53. The number of amides is 4. The molecule has 0 aliphatic carbocycles. The van der Waals surface area contributed by atoms with Crippen molar-refractivity contribution in [1.29, 1.82) is 0 Å². The Morgan fingerprint density at radius 2 is 1.23 bits per heavy atom. The molecule has 2 fully saturated rings. The molecular weight excluding hydrogens is 468 g/mol. The Bertz CT molecular complexity index is 708. The summed E-state index contributed by atoms with van der Waals surface area (Å²) in [4.78, 5) is 51.2. The van der Waals surface area contributed by atoms with E-state index in [2.05, 4.69) is 31.9 Å². The molecule has 0 saturated carbocycles. The molecule has 2 aliphatic heterocycles. The molecule has 1 aromatic carbocycles. The second-order valence-electron chi connectivity index (χ2n) is 6.57. The Morgan fingerprint density at radius 3 is 1.58 bits per heavy atom. The van der Waals surface area contributed by atoms with Crippen molar-refractivity contribution in [3.05, 3.63) is 35.4 Å². The number of benzene rings is 1. The normalized spacial score (nSPS) is 23.5. The standard InChI is InChI=1S/C18H18Br2N2O4/c19-7-13-5-15(23)21(17(13)25)9-11-2-1-3-12(4-11)10-22-16(24)6-14(8-20)18(22)26/h1-4,13-14H,5-10H2. The summed E-state index contributed by atoms with van der Waals surface area (Å²) in [5.74, 6) is -1.27. The van der Waals surface area contributed by atoms with Gasteiger partial charge in [0.1, 0.15) is 0 Å². The molecule has 8 heteroatoms. The van der Waals surface area contributed by atoms with E-state index in [9.17, 15) is 19.2 Å². The lowest BCUT2D eigenvalue weighted by atomic mass is 10.1. The first-order valence-corrected chi connectivity index (χ1v) is 10.6. The molecule has 0 bridgehead atoms. The van der Waals surface area contributed by atoms with E-state index in [1.807, 2.05) is 24.3 Å². The van der Waals surface area contributed by atoms with Crippen LogP contribution in [0.15, 0.2) is 24.3 Å². The van der Waals surface area contributed by atoms with Crippen LogP contribution in [-0.4, -0.2) is 44.1 Å². The van der Waals surface area contributed by atoms with Gasteiger partial charge in [0.2, 0.25) is 23.6 Å². The van der Waals surface area contributed by atoms with Crippen molar-refractivity contribution >= 4 is 55.5 Å². The Morgan fingerprint density at radius 1 is 0.808 bits per heavy atom. The lowest BCUT2D eigenvalue weighted by Crippen LogP contribution is -2.31. The predicted octanol–water partition coefficient (Wildman–Crippen LogP) is 2.23. The van der Waals surface area contributed by atoms with Gasteiger partial charge in [-0.15, -0.1) is 0 Å². The van der Waals surface area contributed by atoms with Crippen molar-refractivity contribution < 1.29 is 19.2 Å². The average Bonchev–Trinajstić information content (AvgIpc) is 3.06. The molecule has 4 amide bonds. The fourth-order valence-electron chi connectivity index (χ4n) is 3.27. The van der Waals surface area contributed by atoms with Crippen molar-refractivity contribution in [3.63, 3.8) is 0 Å². The third kappa shape index (κ3) is 3.76. The molecular formula is C18H18Br2N2O4. The summed E-state index contributed by atoms with van der Waals surface area (Å²) in [6.07, 6.45) is 0.461. The van der Waals surface area contributed by atoms with Crippen LogP contribution in [0.4, 0.5) is 0 Å². The lowest BCUT2D eigenvalue weighted by molar-refractivity contribution is -0.141. The van der Waals surface area contributed by atoms with Crippen molar-refractivity contribution in [2.45, 2.75) is 25.9 Å². The highest BCUT2D eigenvalue weighted by Gasteiger charge is 2.38. The van der Waals surface area contributed by atoms with Gasteiger partial charge in [0, 0.05) is 23.5 Å². The highest BCUT2D eigenvalue weighted by molar-refractivity contribution is 9.09. The van der Waals surface area contributed by atoms with Crippen LogP contribution < -0.4 is 0 Å². The van der Waals surface area contributed by atoms with Gasteiger partial charge in [-0.1, -0.05) is 56.1 Å². The van der Waals surface area contributed by atoms with Crippen molar-refractivity contribution in [2.75, 3.05) is 10.7 Å². The van der Waals surface area contributed by atoms with E-state index in [0.29, 0.717) is 10.7 Å². The van der Waals surface area contributed by atoms with Crippen molar-refractivity contribution in [2.24, 2.45) is 11.8 Å². The van der Waals surface area contributed by atoms with Gasteiger partial charge in [0.15, 0.2) is 0 Å². The fraction of sp³-hybridized carbons (Fsp3) is 0.444. The largest absolute Gasteiger partial charge is 0.278 e. The molecule has 2 heterocycles. The highest BCUT2D eigenvalue weighted by Crippen LogP contribution is 2.25. The minimum absolute atomic E-state index is 0.165. The van der Waals surface area contributed by atoms with Crippen LogP contribution in [0.2, 0.25) is 0 Å². The topological polar surface area (TPSA) is 74.8 Å². The SMILES string of the molecule is O=C1CC(CBr)C(=O)N1Cc1cccc(CN2C(=O)CC(CBr)C2=O)c1. The number of imide groups is 2. The van der Waals surface area contributed by atoms with E-state index in [4.69, 9.17) is 0 Å². The molecule has 6 nitrogen and oxygen atoms in total. The molecule has 2 atom stereocenters. The number of alkyl halides is 2. The number of rotatable bonds is 6. The summed E-state index contributed by atoms with van der Waals surface area (Å²) in [6, 6.07) is 7.32. The van der Waals surface area contributed by atoms with E-state index >= 15 is 0 Å². The van der Waals surface area contributed by atoms with Crippen molar-refractivity contribution in [3.8, 4) is 0 Å². The number of halogens is 2. The first-order chi connectivity index (χ1) is 12.4. The average molecular weight is 486 g/mol.